The van der Waals surface area contributed by atoms with Crippen LogP contribution < -0.4 is 15.2 Å². The van der Waals surface area contributed by atoms with E-state index in [-0.39, 0.29) is 0 Å². The van der Waals surface area contributed by atoms with Crippen LogP contribution in [0.5, 0.6) is 5.75 Å². The lowest BCUT2D eigenvalue weighted by Gasteiger charge is -2.29. The maximum absolute atomic E-state index is 6.27. The molecule has 0 saturated heterocycles. The second-order valence-corrected chi connectivity index (χ2v) is 7.77. The monoisotopic (exact) mass is 329 g/mol. The molecule has 1 aromatic carbocycles. The van der Waals surface area contributed by atoms with Gasteiger partial charge in [0.15, 0.2) is 0 Å². The molecule has 0 amide bonds. The maximum atomic E-state index is 6.27. The average Bonchev–Trinajstić information content (AvgIpc) is 3.14. The fraction of sp³-hybridized carbons (Fsp3) is 0.375. The molecule has 0 bridgehead atoms. The second kappa shape index (κ2) is 6.05. The van der Waals surface area contributed by atoms with Gasteiger partial charge < -0.3 is 4.74 Å². The number of benzene rings is 1. The van der Waals surface area contributed by atoms with Gasteiger partial charge in [0, 0.05) is 0 Å². The highest BCUT2D eigenvalue weighted by molar-refractivity contribution is 5.76. The van der Waals surface area contributed by atoms with E-state index in [2.05, 4.69) is 43.4 Å². The van der Waals surface area contributed by atoms with Gasteiger partial charge in [0.05, 0.1) is 6.10 Å². The molecule has 1 fully saturated rings. The van der Waals surface area contributed by atoms with Gasteiger partial charge in [-0.3, -0.25) is 0 Å². The summed E-state index contributed by atoms with van der Waals surface area (Å²) in [6, 6.07) is 6.73. The van der Waals surface area contributed by atoms with Crippen LogP contribution in [-0.2, 0) is 0 Å². The number of hydrogen-bond acceptors (Lipinski definition) is 1. The molecule has 1 radical (unpaired) electrons. The van der Waals surface area contributed by atoms with E-state index >= 15 is 0 Å². The molecule has 4 aliphatic rings. The molecule has 4 aliphatic carbocycles. The summed E-state index contributed by atoms with van der Waals surface area (Å²) in [4.78, 5) is 0. The van der Waals surface area contributed by atoms with E-state index in [1.807, 2.05) is 0 Å². The molecule has 5 rings (SSSR count). The molecule has 0 N–H and O–H groups in total. The normalized spacial score (nSPS) is 22.5. The van der Waals surface area contributed by atoms with Crippen molar-refractivity contribution in [1.29, 1.82) is 0 Å². The quantitative estimate of drug-likeness (QED) is 0.775. The number of fused-ring (bicyclic) bond motifs is 3. The summed E-state index contributed by atoms with van der Waals surface area (Å²) in [6.07, 6.45) is 16.8. The van der Waals surface area contributed by atoms with Crippen LogP contribution in [0.25, 0.3) is 11.6 Å². The fourth-order valence-electron chi connectivity index (χ4n) is 4.87. The van der Waals surface area contributed by atoms with E-state index < -0.39 is 0 Å². The fourth-order valence-corrected chi connectivity index (χ4v) is 4.87. The number of rotatable bonds is 2. The van der Waals surface area contributed by atoms with Gasteiger partial charge in [-0.05, 0) is 103 Å². The van der Waals surface area contributed by atoms with Crippen LogP contribution in [0.15, 0.2) is 52.6 Å². The second-order valence-electron chi connectivity index (χ2n) is 7.77. The minimum atomic E-state index is 0.424. The Labute approximate surface area is 150 Å². The molecular weight excluding hydrogens is 304 g/mol. The first-order valence-corrected chi connectivity index (χ1v) is 9.73. The third-order valence-electron chi connectivity index (χ3n) is 6.17. The Hall–Kier alpha value is -2.02. The van der Waals surface area contributed by atoms with Crippen molar-refractivity contribution < 1.29 is 4.74 Å². The van der Waals surface area contributed by atoms with Crippen molar-refractivity contribution in [2.45, 2.75) is 57.5 Å². The van der Waals surface area contributed by atoms with Crippen LogP contribution in [0.2, 0.25) is 0 Å². The maximum Gasteiger partial charge on any atom is 0.120 e. The van der Waals surface area contributed by atoms with Crippen LogP contribution >= 0.6 is 0 Å². The molecule has 127 valence electrons. The van der Waals surface area contributed by atoms with Crippen molar-refractivity contribution in [3.8, 4) is 5.75 Å². The van der Waals surface area contributed by atoms with Gasteiger partial charge >= 0.3 is 0 Å². The molecule has 1 saturated carbocycles. The molecule has 0 aliphatic heterocycles. The molecule has 1 heteroatoms. The summed E-state index contributed by atoms with van der Waals surface area (Å²) in [7, 11) is 0. The van der Waals surface area contributed by atoms with Gasteiger partial charge in [-0.15, -0.1) is 0 Å². The minimum absolute atomic E-state index is 0.424. The number of hydrogen-bond donors (Lipinski definition) is 0. The Morgan fingerprint density at radius 2 is 1.76 bits per heavy atom. The van der Waals surface area contributed by atoms with Gasteiger partial charge in [0.25, 0.3) is 0 Å². The van der Waals surface area contributed by atoms with Crippen molar-refractivity contribution in [3.05, 3.63) is 70.0 Å². The Kier molecular flexibility index (Phi) is 3.69. The predicted octanol–water partition coefficient (Wildman–Crippen LogP) is 4.52. The number of allylic oxidation sites excluding steroid dienone is 6. The van der Waals surface area contributed by atoms with Gasteiger partial charge in [-0.25, -0.2) is 0 Å². The summed E-state index contributed by atoms with van der Waals surface area (Å²) in [5.74, 6) is 1.06. The van der Waals surface area contributed by atoms with Crippen LogP contribution in [0.4, 0.5) is 0 Å². The topological polar surface area (TPSA) is 9.23 Å². The Morgan fingerprint density at radius 3 is 2.64 bits per heavy atom. The molecular formula is C24H25O. The standard InChI is InChI=1S/C24H25O/c1-16-6-11-21-18(14-16)9-13-23-22(21)12-8-17-7-10-20(15-24(17)23)25-19-4-2-3-5-19/h6-8,10,14-15,19H,1-5,9,11-13H2. The van der Waals surface area contributed by atoms with E-state index in [1.165, 1.54) is 47.3 Å². The van der Waals surface area contributed by atoms with E-state index in [0.29, 0.717) is 6.10 Å². The first-order valence-electron chi connectivity index (χ1n) is 9.73. The Balaban J connectivity index is 1.59. The summed E-state index contributed by atoms with van der Waals surface area (Å²) in [6.45, 7) is 4.12. The summed E-state index contributed by atoms with van der Waals surface area (Å²) < 4.78 is 6.27. The zero-order valence-electron chi connectivity index (χ0n) is 14.8. The van der Waals surface area contributed by atoms with E-state index in [1.54, 1.807) is 16.7 Å². The van der Waals surface area contributed by atoms with Crippen LogP contribution in [0.3, 0.4) is 0 Å². The molecule has 1 aromatic rings. The van der Waals surface area contributed by atoms with E-state index in [0.717, 1.165) is 31.4 Å². The van der Waals surface area contributed by atoms with Gasteiger partial charge in [-0.1, -0.05) is 29.9 Å². The first-order chi connectivity index (χ1) is 12.3. The Morgan fingerprint density at radius 1 is 0.920 bits per heavy atom. The summed E-state index contributed by atoms with van der Waals surface area (Å²) in [5, 5.41) is 2.79. The van der Waals surface area contributed by atoms with Crippen LogP contribution in [0.1, 0.15) is 51.4 Å². The van der Waals surface area contributed by atoms with Crippen LogP contribution in [0, 0.1) is 6.92 Å². The lowest BCUT2D eigenvalue weighted by atomic mass is 9.76. The summed E-state index contributed by atoms with van der Waals surface area (Å²) in [5.41, 5.74) is 7.36. The molecule has 25 heavy (non-hydrogen) atoms. The molecule has 0 atom stereocenters. The highest BCUT2D eigenvalue weighted by Gasteiger charge is 2.24. The zero-order valence-corrected chi connectivity index (χ0v) is 14.8. The lowest BCUT2D eigenvalue weighted by Crippen LogP contribution is -2.32. The van der Waals surface area contributed by atoms with Gasteiger partial charge in [-0.2, -0.15) is 0 Å². The minimum Gasteiger partial charge on any atom is -0.490 e. The van der Waals surface area contributed by atoms with Gasteiger partial charge in [0.1, 0.15) is 5.75 Å². The van der Waals surface area contributed by atoms with Crippen molar-refractivity contribution in [2.75, 3.05) is 0 Å². The highest BCUT2D eigenvalue weighted by atomic mass is 16.5. The SMILES string of the molecule is [CH2]C1=CCC2=C3CC=c4ccc(OC5CCCC5)cc4=C3CCC2=C1. The average molecular weight is 329 g/mol. The molecule has 0 heterocycles. The van der Waals surface area contributed by atoms with Crippen molar-refractivity contribution in [2.24, 2.45) is 0 Å². The summed E-state index contributed by atoms with van der Waals surface area (Å²) >= 11 is 0. The third-order valence-corrected chi connectivity index (χ3v) is 6.17. The van der Waals surface area contributed by atoms with Crippen molar-refractivity contribution >= 4 is 11.6 Å². The smallest absolute Gasteiger partial charge is 0.120 e. The zero-order chi connectivity index (χ0) is 16.8. The van der Waals surface area contributed by atoms with E-state index in [4.69, 9.17) is 4.74 Å². The molecule has 0 unspecified atom stereocenters. The lowest BCUT2D eigenvalue weighted by molar-refractivity contribution is 0.210. The van der Waals surface area contributed by atoms with Crippen molar-refractivity contribution in [1.82, 2.24) is 0 Å². The van der Waals surface area contributed by atoms with Gasteiger partial charge in [0.2, 0.25) is 0 Å². The predicted molar refractivity (Wildman–Crippen MR) is 103 cm³/mol. The molecule has 0 aromatic heterocycles. The van der Waals surface area contributed by atoms with E-state index in [9.17, 15) is 0 Å². The van der Waals surface area contributed by atoms with Crippen molar-refractivity contribution in [3.63, 3.8) is 0 Å². The first kappa shape index (κ1) is 15.3. The van der Waals surface area contributed by atoms with Crippen LogP contribution in [-0.4, -0.2) is 6.10 Å². The third kappa shape index (κ3) is 2.70. The number of ether oxygens (including phenoxy) is 1. The largest absolute Gasteiger partial charge is 0.490 e. The molecule has 0 spiro atoms. The Bertz CT molecular complexity index is 933. The molecule has 1 nitrogen and oxygen atoms in total. The highest BCUT2D eigenvalue weighted by Crippen LogP contribution is 2.41.